The zero-order valence-electron chi connectivity index (χ0n) is 9.34. The standard InChI is InChI=1S/C12H10ClNO3S/c13-18(15,16)10-5-3-8(4-6-10)11-7-14-12(17-11)9-1-2-9/h3-7,9H,1-2H2. The van der Waals surface area contributed by atoms with Crippen molar-refractivity contribution in [2.45, 2.75) is 23.7 Å². The summed E-state index contributed by atoms with van der Waals surface area (Å²) < 4.78 is 27.8. The van der Waals surface area contributed by atoms with Crippen LogP contribution in [-0.2, 0) is 9.05 Å². The molecule has 0 spiro atoms. The van der Waals surface area contributed by atoms with Crippen molar-refractivity contribution in [3.63, 3.8) is 0 Å². The Balaban J connectivity index is 1.91. The number of rotatable bonds is 3. The van der Waals surface area contributed by atoms with E-state index in [1.807, 2.05) is 0 Å². The van der Waals surface area contributed by atoms with E-state index in [0.717, 1.165) is 24.3 Å². The van der Waals surface area contributed by atoms with Crippen molar-refractivity contribution < 1.29 is 12.8 Å². The highest BCUT2D eigenvalue weighted by atomic mass is 35.7. The van der Waals surface area contributed by atoms with Gasteiger partial charge in [0.15, 0.2) is 11.7 Å². The van der Waals surface area contributed by atoms with Gasteiger partial charge in [-0.25, -0.2) is 13.4 Å². The Morgan fingerprint density at radius 1 is 1.22 bits per heavy atom. The molecule has 0 unspecified atom stereocenters. The summed E-state index contributed by atoms with van der Waals surface area (Å²) in [6.45, 7) is 0. The first-order valence-electron chi connectivity index (χ1n) is 5.55. The van der Waals surface area contributed by atoms with Crippen LogP contribution in [0.2, 0.25) is 0 Å². The highest BCUT2D eigenvalue weighted by Gasteiger charge is 2.28. The molecule has 0 amide bonds. The predicted molar refractivity (Wildman–Crippen MR) is 67.0 cm³/mol. The van der Waals surface area contributed by atoms with E-state index in [-0.39, 0.29) is 4.90 Å². The molecule has 2 aromatic rings. The van der Waals surface area contributed by atoms with E-state index in [9.17, 15) is 8.42 Å². The van der Waals surface area contributed by atoms with Gasteiger partial charge in [0.2, 0.25) is 0 Å². The van der Waals surface area contributed by atoms with Gasteiger partial charge in [0.25, 0.3) is 9.05 Å². The first-order chi connectivity index (χ1) is 8.54. The number of benzene rings is 1. The Morgan fingerprint density at radius 2 is 1.89 bits per heavy atom. The molecule has 1 saturated carbocycles. The van der Waals surface area contributed by atoms with Gasteiger partial charge >= 0.3 is 0 Å². The second kappa shape index (κ2) is 4.10. The maximum atomic E-state index is 11.1. The lowest BCUT2D eigenvalue weighted by Gasteiger charge is -1.98. The molecular weight excluding hydrogens is 274 g/mol. The summed E-state index contributed by atoms with van der Waals surface area (Å²) in [5, 5.41) is 0. The molecule has 0 N–H and O–H groups in total. The van der Waals surface area contributed by atoms with Gasteiger partial charge in [-0.2, -0.15) is 0 Å². The van der Waals surface area contributed by atoms with Crippen molar-refractivity contribution in [3.8, 4) is 11.3 Å². The van der Waals surface area contributed by atoms with Crippen LogP contribution >= 0.6 is 10.7 Å². The van der Waals surface area contributed by atoms with Gasteiger partial charge in [-0.3, -0.25) is 0 Å². The highest BCUT2D eigenvalue weighted by Crippen LogP contribution is 2.40. The Morgan fingerprint density at radius 3 is 2.44 bits per heavy atom. The Kier molecular flexibility index (Phi) is 2.68. The number of aromatic nitrogens is 1. The fourth-order valence-corrected chi connectivity index (χ4v) is 2.49. The van der Waals surface area contributed by atoms with Crippen molar-refractivity contribution in [1.29, 1.82) is 0 Å². The molecule has 1 aromatic carbocycles. The van der Waals surface area contributed by atoms with E-state index in [0.29, 0.717) is 11.7 Å². The minimum Gasteiger partial charge on any atom is -0.440 e. The third-order valence-corrected chi connectivity index (χ3v) is 4.24. The molecule has 1 aliphatic carbocycles. The minimum atomic E-state index is -3.67. The number of halogens is 1. The summed E-state index contributed by atoms with van der Waals surface area (Å²) >= 11 is 0. The lowest BCUT2D eigenvalue weighted by molar-refractivity contribution is 0.509. The molecule has 3 rings (SSSR count). The monoisotopic (exact) mass is 283 g/mol. The van der Waals surface area contributed by atoms with E-state index < -0.39 is 9.05 Å². The molecule has 0 saturated heterocycles. The van der Waals surface area contributed by atoms with Crippen LogP contribution in [0, 0.1) is 0 Å². The predicted octanol–water partition coefficient (Wildman–Crippen LogP) is 3.15. The lowest BCUT2D eigenvalue weighted by atomic mass is 10.2. The molecule has 1 heterocycles. The van der Waals surface area contributed by atoms with E-state index >= 15 is 0 Å². The topological polar surface area (TPSA) is 60.2 Å². The average Bonchev–Trinajstić information content (AvgIpc) is 3.06. The summed E-state index contributed by atoms with van der Waals surface area (Å²) in [5.41, 5.74) is 0.790. The fraction of sp³-hybridized carbons (Fsp3) is 0.250. The van der Waals surface area contributed by atoms with Gasteiger partial charge in [0.1, 0.15) is 0 Å². The van der Waals surface area contributed by atoms with Crippen LogP contribution in [0.4, 0.5) is 0 Å². The maximum absolute atomic E-state index is 11.1. The maximum Gasteiger partial charge on any atom is 0.261 e. The van der Waals surface area contributed by atoms with Crippen LogP contribution in [0.1, 0.15) is 24.7 Å². The van der Waals surface area contributed by atoms with Gasteiger partial charge in [0, 0.05) is 22.2 Å². The van der Waals surface area contributed by atoms with E-state index in [2.05, 4.69) is 4.98 Å². The molecule has 0 atom stereocenters. The second-order valence-electron chi connectivity index (χ2n) is 4.30. The summed E-state index contributed by atoms with van der Waals surface area (Å²) in [6, 6.07) is 6.23. The van der Waals surface area contributed by atoms with Crippen molar-refractivity contribution in [2.75, 3.05) is 0 Å². The molecule has 0 bridgehead atoms. The van der Waals surface area contributed by atoms with E-state index in [1.165, 1.54) is 12.1 Å². The van der Waals surface area contributed by atoms with Crippen LogP contribution in [0.5, 0.6) is 0 Å². The zero-order chi connectivity index (χ0) is 12.8. The van der Waals surface area contributed by atoms with Gasteiger partial charge in [-0.05, 0) is 37.1 Å². The van der Waals surface area contributed by atoms with E-state index in [4.69, 9.17) is 15.1 Å². The second-order valence-corrected chi connectivity index (χ2v) is 6.87. The van der Waals surface area contributed by atoms with Crippen molar-refractivity contribution in [3.05, 3.63) is 36.4 Å². The molecule has 1 aromatic heterocycles. The van der Waals surface area contributed by atoms with Crippen LogP contribution in [0.25, 0.3) is 11.3 Å². The molecule has 18 heavy (non-hydrogen) atoms. The third kappa shape index (κ3) is 2.28. The zero-order valence-corrected chi connectivity index (χ0v) is 10.9. The summed E-state index contributed by atoms with van der Waals surface area (Å²) in [6.07, 6.45) is 3.92. The first-order valence-corrected chi connectivity index (χ1v) is 7.86. The molecule has 4 nitrogen and oxygen atoms in total. The summed E-state index contributed by atoms with van der Waals surface area (Å²) in [5.74, 6) is 1.87. The molecule has 0 aliphatic heterocycles. The first kappa shape index (κ1) is 11.7. The number of hydrogen-bond donors (Lipinski definition) is 0. The Hall–Kier alpha value is -1.33. The van der Waals surface area contributed by atoms with Crippen molar-refractivity contribution in [1.82, 2.24) is 4.98 Å². The van der Waals surface area contributed by atoms with Crippen molar-refractivity contribution in [2.24, 2.45) is 0 Å². The van der Waals surface area contributed by atoms with Gasteiger partial charge < -0.3 is 4.42 Å². The van der Waals surface area contributed by atoms with E-state index in [1.54, 1.807) is 18.3 Å². The van der Waals surface area contributed by atoms with Crippen molar-refractivity contribution >= 4 is 19.7 Å². The molecule has 1 aliphatic rings. The van der Waals surface area contributed by atoms with Crippen LogP contribution in [0.3, 0.4) is 0 Å². The Labute approximate surface area is 109 Å². The molecule has 0 radical (unpaired) electrons. The van der Waals surface area contributed by atoms with Gasteiger partial charge in [-0.1, -0.05) is 0 Å². The fourth-order valence-electron chi connectivity index (χ4n) is 1.72. The lowest BCUT2D eigenvalue weighted by Crippen LogP contribution is -1.89. The van der Waals surface area contributed by atoms with Crippen LogP contribution in [-0.4, -0.2) is 13.4 Å². The van der Waals surface area contributed by atoms with Crippen LogP contribution < -0.4 is 0 Å². The molecule has 1 fully saturated rings. The average molecular weight is 284 g/mol. The third-order valence-electron chi connectivity index (χ3n) is 2.87. The summed E-state index contributed by atoms with van der Waals surface area (Å²) in [7, 11) is 1.57. The van der Waals surface area contributed by atoms with Gasteiger partial charge in [-0.15, -0.1) is 0 Å². The number of nitrogens with zero attached hydrogens (tertiary/aromatic N) is 1. The number of oxazole rings is 1. The molecule has 94 valence electrons. The normalized spacial score (nSPS) is 15.8. The summed E-state index contributed by atoms with van der Waals surface area (Å²) in [4.78, 5) is 4.29. The quantitative estimate of drug-likeness (QED) is 0.812. The SMILES string of the molecule is O=S(=O)(Cl)c1ccc(-c2cnc(C3CC3)o2)cc1. The van der Waals surface area contributed by atoms with Crippen LogP contribution in [0.15, 0.2) is 39.8 Å². The molecule has 6 heteroatoms. The molecular formula is C12H10ClNO3S. The minimum absolute atomic E-state index is 0.0786. The Bertz CT molecular complexity index is 672. The smallest absolute Gasteiger partial charge is 0.261 e. The largest absolute Gasteiger partial charge is 0.440 e. The van der Waals surface area contributed by atoms with Gasteiger partial charge in [0.05, 0.1) is 11.1 Å². The highest BCUT2D eigenvalue weighted by molar-refractivity contribution is 8.13. The number of hydrogen-bond acceptors (Lipinski definition) is 4.